The Hall–Kier alpha value is -0.290. The van der Waals surface area contributed by atoms with E-state index in [0.29, 0.717) is 0 Å². The highest BCUT2D eigenvalue weighted by Gasteiger charge is 2.16. The maximum atomic E-state index is 5.24. The molecule has 2 rings (SSSR count). The molecule has 2 heterocycles. The Kier molecular flexibility index (Phi) is 3.86. The van der Waals surface area contributed by atoms with Crippen LogP contribution in [0.15, 0.2) is 0 Å². The molecule has 84 valence electrons. The lowest BCUT2D eigenvalue weighted by Crippen LogP contribution is -2.18. The van der Waals surface area contributed by atoms with Crippen LogP contribution in [-0.4, -0.2) is 25.8 Å². The van der Waals surface area contributed by atoms with Crippen molar-refractivity contribution in [3.05, 3.63) is 10.6 Å². The summed E-state index contributed by atoms with van der Waals surface area (Å²) < 4.78 is 2.94. The summed E-state index contributed by atoms with van der Waals surface area (Å²) in [6, 6.07) is 0. The summed E-state index contributed by atoms with van der Waals surface area (Å²) in [6.45, 7) is 3.15. The van der Waals surface area contributed by atoms with Crippen LogP contribution in [0.4, 0.5) is 0 Å². The molecule has 1 aliphatic heterocycles. The molecule has 1 aromatic heterocycles. The Labute approximate surface area is 99.7 Å². The van der Waals surface area contributed by atoms with Gasteiger partial charge in [-0.2, -0.15) is 16.9 Å². The summed E-state index contributed by atoms with van der Waals surface area (Å²) in [5.41, 5.74) is 0. The second kappa shape index (κ2) is 5.16. The van der Waals surface area contributed by atoms with Crippen molar-refractivity contribution in [3.8, 4) is 0 Å². The van der Waals surface area contributed by atoms with E-state index in [1.807, 2.05) is 0 Å². The van der Waals surface area contributed by atoms with Gasteiger partial charge in [-0.05, 0) is 30.8 Å². The summed E-state index contributed by atoms with van der Waals surface area (Å²) >= 11 is 7.32. The van der Waals surface area contributed by atoms with Gasteiger partial charge in [0.15, 0.2) is 4.77 Å². The standard InChI is InChI=1S/C10H17N3S2/c1-2-9-11-12-10(14)13(9)7-8-5-3-4-6-15-8/h8H,2-7H2,1H3,(H,12,14). The zero-order chi connectivity index (χ0) is 10.7. The quantitative estimate of drug-likeness (QED) is 0.829. The molecule has 0 saturated carbocycles. The number of hydrogen-bond donors (Lipinski definition) is 1. The van der Waals surface area contributed by atoms with Crippen LogP contribution in [0.25, 0.3) is 0 Å². The average Bonchev–Trinajstić information content (AvgIpc) is 2.62. The van der Waals surface area contributed by atoms with Crippen molar-refractivity contribution in [1.29, 1.82) is 0 Å². The highest BCUT2D eigenvalue weighted by Crippen LogP contribution is 2.26. The molecule has 0 bridgehead atoms. The van der Waals surface area contributed by atoms with E-state index in [2.05, 4.69) is 33.5 Å². The molecule has 3 nitrogen and oxygen atoms in total. The molecule has 1 fully saturated rings. The summed E-state index contributed by atoms with van der Waals surface area (Å²) in [7, 11) is 0. The molecule has 1 aromatic rings. The third-order valence-electron chi connectivity index (χ3n) is 2.81. The van der Waals surface area contributed by atoms with E-state index in [4.69, 9.17) is 12.2 Å². The van der Waals surface area contributed by atoms with Crippen molar-refractivity contribution in [2.24, 2.45) is 0 Å². The van der Waals surface area contributed by atoms with Gasteiger partial charge < -0.3 is 4.57 Å². The van der Waals surface area contributed by atoms with Gasteiger partial charge in [0.25, 0.3) is 0 Å². The number of thioether (sulfide) groups is 1. The lowest BCUT2D eigenvalue weighted by molar-refractivity contribution is 0.564. The van der Waals surface area contributed by atoms with Crippen LogP contribution in [0, 0.1) is 4.77 Å². The van der Waals surface area contributed by atoms with Crippen molar-refractivity contribution in [1.82, 2.24) is 14.8 Å². The average molecular weight is 243 g/mol. The largest absolute Gasteiger partial charge is 0.303 e. The minimum Gasteiger partial charge on any atom is -0.303 e. The number of H-pyrrole nitrogens is 1. The molecule has 15 heavy (non-hydrogen) atoms. The molecule has 5 heteroatoms. The van der Waals surface area contributed by atoms with Crippen LogP contribution in [0.5, 0.6) is 0 Å². The molecule has 0 aliphatic carbocycles. The first-order chi connectivity index (χ1) is 7.31. The zero-order valence-corrected chi connectivity index (χ0v) is 10.7. The molecule has 0 radical (unpaired) electrons. The van der Waals surface area contributed by atoms with Gasteiger partial charge in [-0.15, -0.1) is 0 Å². The Morgan fingerprint density at radius 1 is 1.60 bits per heavy atom. The molecule has 0 aromatic carbocycles. The monoisotopic (exact) mass is 243 g/mol. The van der Waals surface area contributed by atoms with Gasteiger partial charge in [0.1, 0.15) is 5.82 Å². The SMILES string of the molecule is CCc1n[nH]c(=S)n1CC1CCCCS1. The third-order valence-corrected chi connectivity index (χ3v) is 4.51. The van der Waals surface area contributed by atoms with Gasteiger partial charge in [0.05, 0.1) is 0 Å². The van der Waals surface area contributed by atoms with Crippen molar-refractivity contribution >= 4 is 24.0 Å². The molecule has 0 spiro atoms. The number of aromatic amines is 1. The van der Waals surface area contributed by atoms with Gasteiger partial charge in [-0.3, -0.25) is 5.10 Å². The van der Waals surface area contributed by atoms with Gasteiger partial charge >= 0.3 is 0 Å². The van der Waals surface area contributed by atoms with Crippen LogP contribution in [-0.2, 0) is 13.0 Å². The fourth-order valence-electron chi connectivity index (χ4n) is 1.96. The van der Waals surface area contributed by atoms with E-state index in [-0.39, 0.29) is 0 Å². The summed E-state index contributed by atoms with van der Waals surface area (Å²) in [5.74, 6) is 2.39. The number of rotatable bonds is 3. The fourth-order valence-corrected chi connectivity index (χ4v) is 3.48. The Morgan fingerprint density at radius 2 is 2.47 bits per heavy atom. The summed E-state index contributed by atoms with van der Waals surface area (Å²) in [6.07, 6.45) is 5.01. The van der Waals surface area contributed by atoms with Crippen LogP contribution in [0.1, 0.15) is 32.0 Å². The highest BCUT2D eigenvalue weighted by molar-refractivity contribution is 7.99. The maximum absolute atomic E-state index is 5.24. The molecular weight excluding hydrogens is 226 g/mol. The van der Waals surface area contributed by atoms with Crippen molar-refractivity contribution in [2.75, 3.05) is 5.75 Å². The van der Waals surface area contributed by atoms with Gasteiger partial charge in [-0.25, -0.2) is 0 Å². The lowest BCUT2D eigenvalue weighted by atomic mass is 10.2. The van der Waals surface area contributed by atoms with E-state index < -0.39 is 0 Å². The van der Waals surface area contributed by atoms with Crippen molar-refractivity contribution in [2.45, 2.75) is 44.4 Å². The van der Waals surface area contributed by atoms with E-state index in [1.54, 1.807) is 0 Å². The van der Waals surface area contributed by atoms with E-state index in [1.165, 1.54) is 25.0 Å². The molecular formula is C10H17N3S2. The Bertz CT molecular complexity index is 363. The number of nitrogens with one attached hydrogen (secondary N) is 1. The van der Waals surface area contributed by atoms with Gasteiger partial charge in [0, 0.05) is 18.2 Å². The number of nitrogens with zero attached hydrogens (tertiary/aromatic N) is 2. The molecule has 0 amide bonds. The molecule has 1 atom stereocenters. The maximum Gasteiger partial charge on any atom is 0.195 e. The van der Waals surface area contributed by atoms with E-state index >= 15 is 0 Å². The predicted molar refractivity (Wildman–Crippen MR) is 66.9 cm³/mol. The van der Waals surface area contributed by atoms with Crippen LogP contribution in [0.2, 0.25) is 0 Å². The van der Waals surface area contributed by atoms with E-state index in [0.717, 1.165) is 28.8 Å². The normalized spacial score (nSPS) is 21.8. The lowest BCUT2D eigenvalue weighted by Gasteiger charge is -2.21. The molecule has 1 N–H and O–H groups in total. The predicted octanol–water partition coefficient (Wildman–Crippen LogP) is 2.79. The fraction of sp³-hybridized carbons (Fsp3) is 0.800. The smallest absolute Gasteiger partial charge is 0.195 e. The van der Waals surface area contributed by atoms with Crippen LogP contribution in [0.3, 0.4) is 0 Å². The zero-order valence-electron chi connectivity index (χ0n) is 9.03. The molecule has 1 unspecified atom stereocenters. The second-order valence-corrected chi connectivity index (χ2v) is 5.69. The van der Waals surface area contributed by atoms with Crippen LogP contribution >= 0.6 is 24.0 Å². The van der Waals surface area contributed by atoms with Gasteiger partial charge in [-0.1, -0.05) is 13.3 Å². The van der Waals surface area contributed by atoms with Crippen molar-refractivity contribution < 1.29 is 0 Å². The van der Waals surface area contributed by atoms with Crippen LogP contribution < -0.4 is 0 Å². The first-order valence-corrected chi connectivity index (χ1v) is 7.02. The highest BCUT2D eigenvalue weighted by atomic mass is 32.2. The second-order valence-electron chi connectivity index (χ2n) is 3.90. The first-order valence-electron chi connectivity index (χ1n) is 5.57. The molecule has 1 aliphatic rings. The van der Waals surface area contributed by atoms with E-state index in [9.17, 15) is 0 Å². The van der Waals surface area contributed by atoms with Gasteiger partial charge in [0.2, 0.25) is 0 Å². The summed E-state index contributed by atoms with van der Waals surface area (Å²) in [4.78, 5) is 0. The minimum atomic E-state index is 0.730. The minimum absolute atomic E-state index is 0.730. The topological polar surface area (TPSA) is 33.6 Å². The Balaban J connectivity index is 2.08. The number of aromatic nitrogens is 3. The third kappa shape index (κ3) is 2.64. The number of aryl methyl sites for hydroxylation is 1. The number of hydrogen-bond acceptors (Lipinski definition) is 3. The summed E-state index contributed by atoms with van der Waals surface area (Å²) in [5, 5.41) is 7.85. The first kappa shape index (κ1) is 11.2. The Morgan fingerprint density at radius 3 is 3.13 bits per heavy atom. The molecule has 1 saturated heterocycles. The van der Waals surface area contributed by atoms with Crippen molar-refractivity contribution in [3.63, 3.8) is 0 Å².